The molecule has 5 rings (SSSR count). The fourth-order valence-corrected chi connectivity index (χ4v) is 4.05. The van der Waals surface area contributed by atoms with Crippen LogP contribution in [0.4, 0.5) is 5.82 Å². The Morgan fingerprint density at radius 1 is 1.10 bits per heavy atom. The molecule has 1 amide bonds. The molecule has 7 nitrogen and oxygen atoms in total. The van der Waals surface area contributed by atoms with Crippen LogP contribution in [0, 0.1) is 6.92 Å². The number of halogens is 2. The predicted octanol–water partition coefficient (Wildman–Crippen LogP) is 5.01. The van der Waals surface area contributed by atoms with E-state index in [1.807, 2.05) is 43.3 Å². The molecule has 1 N–H and O–H groups in total. The third-order valence-electron chi connectivity index (χ3n) is 5.05. The molecule has 3 aromatic heterocycles. The molecule has 0 fully saturated rings. The number of amides is 1. The first-order valence-corrected chi connectivity index (χ1v) is 10.0. The lowest BCUT2D eigenvalue weighted by molar-refractivity contribution is -0.116. The van der Waals surface area contributed by atoms with Crippen molar-refractivity contribution in [2.75, 3.05) is 5.32 Å². The summed E-state index contributed by atoms with van der Waals surface area (Å²) in [6.07, 6.45) is 0.251. The van der Waals surface area contributed by atoms with Crippen molar-refractivity contribution in [2.45, 2.75) is 19.3 Å². The van der Waals surface area contributed by atoms with E-state index in [0.717, 1.165) is 16.8 Å². The maximum Gasteiger partial charge on any atom is 0.226 e. The normalized spacial score (nSPS) is 15.7. The maximum atomic E-state index is 12.5. The van der Waals surface area contributed by atoms with Crippen molar-refractivity contribution in [1.82, 2.24) is 20.0 Å². The Morgan fingerprint density at radius 3 is 2.70 bits per heavy atom. The molecule has 4 heterocycles. The molecule has 9 heteroatoms. The number of aromatic nitrogens is 4. The van der Waals surface area contributed by atoms with Crippen LogP contribution < -0.4 is 5.32 Å². The van der Waals surface area contributed by atoms with Gasteiger partial charge in [-0.3, -0.25) is 4.79 Å². The predicted molar refractivity (Wildman–Crippen MR) is 113 cm³/mol. The first-order valence-electron chi connectivity index (χ1n) is 9.25. The third-order valence-corrected chi connectivity index (χ3v) is 5.58. The van der Waals surface area contributed by atoms with Gasteiger partial charge in [-0.15, -0.1) is 10.2 Å². The first-order chi connectivity index (χ1) is 14.5. The van der Waals surface area contributed by atoms with Crippen LogP contribution in [0.5, 0.6) is 0 Å². The van der Waals surface area contributed by atoms with Crippen molar-refractivity contribution in [1.29, 1.82) is 0 Å². The Kier molecular flexibility index (Phi) is 4.56. The molecule has 0 saturated carbocycles. The maximum absolute atomic E-state index is 12.5. The molecular formula is C21H15Cl2N5O2. The number of aryl methyl sites for hydroxylation is 1. The van der Waals surface area contributed by atoms with Crippen LogP contribution in [0.2, 0.25) is 10.2 Å². The molecule has 4 aromatic rings. The van der Waals surface area contributed by atoms with Crippen LogP contribution in [0.15, 0.2) is 52.9 Å². The number of carbonyl (C=O) groups is 1. The number of hydrogen-bond donors (Lipinski definition) is 1. The number of hydrogen-bond acceptors (Lipinski definition) is 5. The van der Waals surface area contributed by atoms with Gasteiger partial charge in [-0.2, -0.15) is 9.78 Å². The summed E-state index contributed by atoms with van der Waals surface area (Å²) in [4.78, 5) is 12.5. The van der Waals surface area contributed by atoms with Crippen LogP contribution in [0.1, 0.15) is 29.4 Å². The molecule has 0 bridgehead atoms. The van der Waals surface area contributed by atoms with Crippen molar-refractivity contribution >= 4 is 34.9 Å². The zero-order chi connectivity index (χ0) is 20.8. The highest BCUT2D eigenvalue weighted by Crippen LogP contribution is 2.42. The largest absolute Gasteiger partial charge is 0.460 e. The summed E-state index contributed by atoms with van der Waals surface area (Å²) in [5.41, 5.74) is 2.45. The highest BCUT2D eigenvalue weighted by atomic mass is 35.5. The summed E-state index contributed by atoms with van der Waals surface area (Å²) in [6, 6.07) is 14.5. The fourth-order valence-electron chi connectivity index (χ4n) is 3.72. The van der Waals surface area contributed by atoms with E-state index in [0.29, 0.717) is 28.2 Å². The van der Waals surface area contributed by atoms with Gasteiger partial charge in [0.25, 0.3) is 0 Å². The third kappa shape index (κ3) is 3.16. The fraction of sp³-hybridized carbons (Fsp3) is 0.143. The topological polar surface area (TPSA) is 85.8 Å². The second-order valence-electron chi connectivity index (χ2n) is 6.96. The van der Waals surface area contributed by atoms with E-state index in [4.69, 9.17) is 27.6 Å². The molecule has 1 aliphatic heterocycles. The van der Waals surface area contributed by atoms with Crippen LogP contribution in [-0.4, -0.2) is 25.9 Å². The molecule has 0 aliphatic carbocycles. The van der Waals surface area contributed by atoms with Crippen LogP contribution >= 0.6 is 23.2 Å². The SMILES string of the molecule is Cc1nn(-c2ccc(Cl)nn2)c2c1C(c1ccc(-c3ccccc3Cl)o1)CC(=O)N2. The summed E-state index contributed by atoms with van der Waals surface area (Å²) in [7, 11) is 0. The smallest absolute Gasteiger partial charge is 0.226 e. The van der Waals surface area contributed by atoms with Gasteiger partial charge in [-0.05, 0) is 43.3 Å². The molecule has 1 aromatic carbocycles. The Labute approximate surface area is 181 Å². The first kappa shape index (κ1) is 18.8. The molecule has 1 aliphatic rings. The van der Waals surface area contributed by atoms with Crippen LogP contribution in [0.3, 0.4) is 0 Å². The van der Waals surface area contributed by atoms with Gasteiger partial charge < -0.3 is 9.73 Å². The van der Waals surface area contributed by atoms with Crippen LogP contribution in [0.25, 0.3) is 17.1 Å². The number of nitrogens with one attached hydrogen (secondary N) is 1. The standard InChI is InChI=1S/C21H15Cl2N5O2/c1-11-20-13(16-7-6-15(30-16)12-4-2-3-5-14(12)22)10-19(29)24-21(20)28(27-11)18-9-8-17(23)25-26-18/h2-9,13H,10H2,1H3,(H,24,29). The van der Waals surface area contributed by atoms with Gasteiger partial charge in [0.2, 0.25) is 5.91 Å². The molecule has 150 valence electrons. The number of carbonyl (C=O) groups excluding carboxylic acids is 1. The average Bonchev–Trinajstić information content (AvgIpc) is 3.34. The van der Waals surface area contributed by atoms with Crippen molar-refractivity contribution in [3.63, 3.8) is 0 Å². The van der Waals surface area contributed by atoms with Crippen molar-refractivity contribution < 1.29 is 9.21 Å². The highest BCUT2D eigenvalue weighted by molar-refractivity contribution is 6.33. The number of fused-ring (bicyclic) bond motifs is 1. The molecule has 1 unspecified atom stereocenters. The minimum Gasteiger partial charge on any atom is -0.460 e. The molecular weight excluding hydrogens is 425 g/mol. The summed E-state index contributed by atoms with van der Waals surface area (Å²) in [5.74, 6) is 1.93. The molecule has 1 atom stereocenters. The number of nitrogens with zero attached hydrogens (tertiary/aromatic N) is 4. The van der Waals surface area contributed by atoms with Gasteiger partial charge in [0.05, 0.1) is 16.6 Å². The van der Waals surface area contributed by atoms with Crippen molar-refractivity contribution in [2.24, 2.45) is 0 Å². The van der Waals surface area contributed by atoms with Gasteiger partial charge in [-0.1, -0.05) is 35.3 Å². The van der Waals surface area contributed by atoms with Crippen molar-refractivity contribution in [3.8, 4) is 17.1 Å². The molecule has 0 saturated heterocycles. The van der Waals surface area contributed by atoms with E-state index < -0.39 is 0 Å². The second kappa shape index (κ2) is 7.27. The van der Waals surface area contributed by atoms with Gasteiger partial charge in [-0.25, -0.2) is 0 Å². The summed E-state index contributed by atoms with van der Waals surface area (Å²) < 4.78 is 7.70. The van der Waals surface area contributed by atoms with Gasteiger partial charge in [0, 0.05) is 17.5 Å². The van der Waals surface area contributed by atoms with Gasteiger partial charge >= 0.3 is 0 Å². The number of anilines is 1. The van der Waals surface area contributed by atoms with Crippen LogP contribution in [-0.2, 0) is 4.79 Å². The Morgan fingerprint density at radius 2 is 1.93 bits per heavy atom. The zero-order valence-corrected chi connectivity index (χ0v) is 17.3. The van der Waals surface area contributed by atoms with Gasteiger partial charge in [0.1, 0.15) is 17.3 Å². The minimum absolute atomic E-state index is 0.133. The van der Waals surface area contributed by atoms with Crippen molar-refractivity contribution in [3.05, 3.63) is 75.7 Å². The Balaban J connectivity index is 1.59. The van der Waals surface area contributed by atoms with E-state index in [9.17, 15) is 4.79 Å². The van der Waals surface area contributed by atoms with Gasteiger partial charge in [0.15, 0.2) is 11.0 Å². The number of furan rings is 1. The average molecular weight is 440 g/mol. The molecule has 30 heavy (non-hydrogen) atoms. The summed E-state index contributed by atoms with van der Waals surface area (Å²) in [6.45, 7) is 1.89. The number of benzene rings is 1. The van der Waals surface area contributed by atoms with E-state index in [1.165, 1.54) is 0 Å². The molecule has 0 radical (unpaired) electrons. The highest BCUT2D eigenvalue weighted by Gasteiger charge is 2.34. The Hall–Kier alpha value is -3.16. The summed E-state index contributed by atoms with van der Waals surface area (Å²) >= 11 is 12.1. The van der Waals surface area contributed by atoms with E-state index in [-0.39, 0.29) is 23.4 Å². The molecule has 0 spiro atoms. The summed E-state index contributed by atoms with van der Waals surface area (Å²) in [5, 5.41) is 16.3. The minimum atomic E-state index is -0.279. The zero-order valence-electron chi connectivity index (χ0n) is 15.8. The quantitative estimate of drug-likeness (QED) is 0.484. The number of rotatable bonds is 3. The lowest BCUT2D eigenvalue weighted by Gasteiger charge is -2.22. The van der Waals surface area contributed by atoms with E-state index in [1.54, 1.807) is 16.8 Å². The monoisotopic (exact) mass is 439 g/mol. The van der Waals surface area contributed by atoms with E-state index in [2.05, 4.69) is 20.6 Å². The van der Waals surface area contributed by atoms with E-state index >= 15 is 0 Å². The second-order valence-corrected chi connectivity index (χ2v) is 7.75. The lowest BCUT2D eigenvalue weighted by atomic mass is 9.90. The lowest BCUT2D eigenvalue weighted by Crippen LogP contribution is -2.24. The Bertz CT molecular complexity index is 1260.